The third-order valence-corrected chi connectivity index (χ3v) is 9.96. The maximum absolute atomic E-state index is 14.1. The van der Waals surface area contributed by atoms with Crippen molar-refractivity contribution in [1.29, 1.82) is 0 Å². The number of nitrogens with two attached hydrogens (primary N) is 1. The second-order valence-electron chi connectivity index (χ2n) is 14.7. The summed E-state index contributed by atoms with van der Waals surface area (Å²) < 4.78 is 6.45. The van der Waals surface area contributed by atoms with Gasteiger partial charge in [0.05, 0.1) is 6.61 Å². The third-order valence-electron chi connectivity index (χ3n) is 9.41. The highest BCUT2D eigenvalue weighted by Gasteiger charge is 2.49. The number of hydrogen-bond acceptors (Lipinski definition) is 6. The van der Waals surface area contributed by atoms with Crippen molar-refractivity contribution in [2.75, 3.05) is 11.9 Å². The van der Waals surface area contributed by atoms with Gasteiger partial charge in [-0.2, -0.15) is 0 Å². The minimum atomic E-state index is -2.10. The van der Waals surface area contributed by atoms with E-state index in [-0.39, 0.29) is 37.1 Å². The molecule has 4 amide bonds. The zero-order valence-corrected chi connectivity index (χ0v) is 30.0. The number of anilines is 1. The van der Waals surface area contributed by atoms with Gasteiger partial charge in [0.1, 0.15) is 11.7 Å². The standard InChI is InChI=1S/C37H50ClN3O6/c1-10-35(6,7)25-21-23(29(31(44)34(3,4)5)32(45)40-24-15-13-12-14-16-24)22-26(30(25)36(8,9)11-2)47-20-19-37(38,33(39)46)41-27(42)17-18-28(41)43/h12-16,21-22,29H,10-11,17-20H2,1-9H3,(H2,39,46)(H,40,45). The number of ketones is 1. The summed E-state index contributed by atoms with van der Waals surface area (Å²) in [6, 6.07) is 12.7. The zero-order valence-electron chi connectivity index (χ0n) is 29.2. The summed E-state index contributed by atoms with van der Waals surface area (Å²) in [5, 5.41) is 2.92. The van der Waals surface area contributed by atoms with E-state index in [1.165, 1.54) is 0 Å². The molecule has 47 heavy (non-hydrogen) atoms. The van der Waals surface area contributed by atoms with E-state index >= 15 is 0 Å². The molecule has 3 rings (SSSR count). The number of nitrogens with zero attached hydrogens (tertiary/aromatic N) is 1. The summed E-state index contributed by atoms with van der Waals surface area (Å²) in [6.07, 6.45) is 1.13. The van der Waals surface area contributed by atoms with E-state index in [1.807, 2.05) is 12.1 Å². The minimum Gasteiger partial charge on any atom is -0.493 e. The molecule has 0 spiro atoms. The lowest BCUT2D eigenvalue weighted by Crippen LogP contribution is -2.56. The Labute approximate surface area is 283 Å². The number of para-hydroxylation sites is 1. The van der Waals surface area contributed by atoms with Gasteiger partial charge in [-0.05, 0) is 53.0 Å². The number of carbonyl (C=O) groups is 5. The number of benzene rings is 2. The summed E-state index contributed by atoms with van der Waals surface area (Å²) >= 11 is 6.64. The first-order valence-corrected chi connectivity index (χ1v) is 16.7. The number of Topliss-reactive ketones (excluding diaryl/α,β-unsaturated/α-hetero) is 1. The second kappa shape index (κ2) is 14.2. The fraction of sp³-hybridized carbons (Fsp3) is 0.541. The van der Waals surface area contributed by atoms with Crippen LogP contribution in [0.4, 0.5) is 5.69 Å². The molecule has 1 aliphatic heterocycles. The van der Waals surface area contributed by atoms with Crippen molar-refractivity contribution in [2.24, 2.45) is 11.1 Å². The average Bonchev–Trinajstić information content (AvgIpc) is 3.34. The molecule has 2 unspecified atom stereocenters. The van der Waals surface area contributed by atoms with Crippen molar-refractivity contribution >= 4 is 46.7 Å². The van der Waals surface area contributed by atoms with E-state index in [0.29, 0.717) is 17.0 Å². The number of nitrogens with one attached hydrogen (secondary N) is 1. The van der Waals surface area contributed by atoms with Crippen molar-refractivity contribution in [3.8, 4) is 5.75 Å². The minimum absolute atomic E-state index is 0.0535. The van der Waals surface area contributed by atoms with Crippen molar-refractivity contribution in [2.45, 2.75) is 116 Å². The Balaban J connectivity index is 2.23. The molecule has 1 heterocycles. The van der Waals surface area contributed by atoms with Gasteiger partial charge in [0.25, 0.3) is 5.91 Å². The van der Waals surface area contributed by atoms with E-state index < -0.39 is 45.4 Å². The van der Waals surface area contributed by atoms with Gasteiger partial charge >= 0.3 is 0 Å². The number of primary amides is 1. The third kappa shape index (κ3) is 8.06. The van der Waals surface area contributed by atoms with Gasteiger partial charge in [-0.15, -0.1) is 0 Å². The number of halogens is 1. The number of likely N-dealkylation sites (tertiary alicyclic amines) is 1. The van der Waals surface area contributed by atoms with E-state index in [4.69, 9.17) is 22.1 Å². The van der Waals surface area contributed by atoms with Crippen LogP contribution in [0, 0.1) is 5.41 Å². The maximum Gasteiger partial charge on any atom is 0.259 e. The molecule has 1 aliphatic rings. The van der Waals surface area contributed by atoms with Crippen LogP contribution in [-0.4, -0.2) is 45.9 Å². The summed E-state index contributed by atoms with van der Waals surface area (Å²) in [4.78, 5) is 64.4. The van der Waals surface area contributed by atoms with E-state index in [9.17, 15) is 24.0 Å². The van der Waals surface area contributed by atoms with Crippen LogP contribution in [0.1, 0.15) is 117 Å². The van der Waals surface area contributed by atoms with Crippen LogP contribution in [0.15, 0.2) is 42.5 Å². The Kier molecular flexibility index (Phi) is 11.4. The maximum atomic E-state index is 14.1. The van der Waals surface area contributed by atoms with Crippen LogP contribution in [0.25, 0.3) is 0 Å². The monoisotopic (exact) mass is 667 g/mol. The molecule has 10 heteroatoms. The Morgan fingerprint density at radius 1 is 0.915 bits per heavy atom. The molecule has 0 bridgehead atoms. The molecule has 256 valence electrons. The van der Waals surface area contributed by atoms with Gasteiger partial charge in [0.2, 0.25) is 22.7 Å². The highest BCUT2D eigenvalue weighted by molar-refractivity contribution is 6.37. The molecule has 0 saturated carbocycles. The molecular weight excluding hydrogens is 618 g/mol. The number of alkyl halides is 1. The highest BCUT2D eigenvalue weighted by atomic mass is 35.5. The fourth-order valence-electron chi connectivity index (χ4n) is 5.72. The van der Waals surface area contributed by atoms with Crippen molar-refractivity contribution in [3.05, 3.63) is 59.2 Å². The Hall–Kier alpha value is -3.72. The smallest absolute Gasteiger partial charge is 0.259 e. The molecule has 2 aromatic rings. The summed E-state index contributed by atoms with van der Waals surface area (Å²) in [5.41, 5.74) is 6.86. The molecule has 0 aromatic heterocycles. The topological polar surface area (TPSA) is 136 Å². The summed E-state index contributed by atoms with van der Waals surface area (Å²) in [7, 11) is 0. The molecule has 2 aromatic carbocycles. The van der Waals surface area contributed by atoms with E-state index in [0.717, 1.165) is 28.9 Å². The van der Waals surface area contributed by atoms with Crippen LogP contribution in [0.5, 0.6) is 5.75 Å². The summed E-state index contributed by atoms with van der Waals surface area (Å²) in [5.74, 6) is -3.65. The lowest BCUT2D eigenvalue weighted by molar-refractivity contribution is -0.148. The van der Waals surface area contributed by atoms with Crippen LogP contribution < -0.4 is 15.8 Å². The summed E-state index contributed by atoms with van der Waals surface area (Å²) in [6.45, 7) is 17.7. The van der Waals surface area contributed by atoms with Gasteiger partial charge in [-0.25, -0.2) is 0 Å². The first-order chi connectivity index (χ1) is 21.7. The van der Waals surface area contributed by atoms with Crippen LogP contribution in [0.2, 0.25) is 0 Å². The molecule has 1 fully saturated rings. The van der Waals surface area contributed by atoms with Gasteiger partial charge < -0.3 is 15.8 Å². The lowest BCUT2D eigenvalue weighted by Gasteiger charge is -2.37. The van der Waals surface area contributed by atoms with Gasteiger partial charge in [0.15, 0.2) is 5.78 Å². The first kappa shape index (κ1) is 37.7. The van der Waals surface area contributed by atoms with Gasteiger partial charge in [0, 0.05) is 35.9 Å². The number of carbonyl (C=O) groups excluding carboxylic acids is 5. The van der Waals surface area contributed by atoms with E-state index in [1.54, 1.807) is 51.1 Å². The predicted molar refractivity (Wildman–Crippen MR) is 184 cm³/mol. The van der Waals surface area contributed by atoms with E-state index in [2.05, 4.69) is 46.9 Å². The van der Waals surface area contributed by atoms with Crippen LogP contribution >= 0.6 is 11.6 Å². The van der Waals surface area contributed by atoms with Crippen LogP contribution in [-0.2, 0) is 34.8 Å². The Morgan fingerprint density at radius 2 is 1.47 bits per heavy atom. The van der Waals surface area contributed by atoms with Crippen molar-refractivity contribution in [1.82, 2.24) is 4.90 Å². The highest BCUT2D eigenvalue weighted by Crippen LogP contribution is 2.46. The predicted octanol–water partition coefficient (Wildman–Crippen LogP) is 6.74. The van der Waals surface area contributed by atoms with Crippen molar-refractivity contribution in [3.63, 3.8) is 0 Å². The molecule has 2 atom stereocenters. The van der Waals surface area contributed by atoms with Crippen molar-refractivity contribution < 1.29 is 28.7 Å². The number of rotatable bonds is 14. The van der Waals surface area contributed by atoms with Crippen LogP contribution in [0.3, 0.4) is 0 Å². The SMILES string of the molecule is CCC(C)(C)c1cc(C(C(=O)Nc2ccccc2)C(=O)C(C)(C)C)cc(OCCC(Cl)(C(N)=O)N2C(=O)CCC2=O)c1C(C)(C)CC. The second-order valence-corrected chi connectivity index (χ2v) is 15.3. The number of imide groups is 1. The quantitative estimate of drug-likeness (QED) is 0.0992. The Morgan fingerprint density at radius 3 is 1.96 bits per heavy atom. The molecule has 0 aliphatic carbocycles. The normalized spacial score (nSPS) is 16.1. The number of ether oxygens (including phenoxy) is 1. The number of hydrogen-bond donors (Lipinski definition) is 2. The molecular formula is C37H50ClN3O6. The average molecular weight is 668 g/mol. The lowest BCUT2D eigenvalue weighted by atomic mass is 9.69. The largest absolute Gasteiger partial charge is 0.493 e. The number of amides is 4. The molecule has 3 N–H and O–H groups in total. The molecule has 1 saturated heterocycles. The van der Waals surface area contributed by atoms with Gasteiger partial charge in [-0.3, -0.25) is 28.9 Å². The zero-order chi connectivity index (χ0) is 35.5. The van der Waals surface area contributed by atoms with Gasteiger partial charge in [-0.1, -0.05) is 98.2 Å². The first-order valence-electron chi connectivity index (χ1n) is 16.3. The Bertz CT molecular complexity index is 1510. The molecule has 0 radical (unpaired) electrons. The fourth-order valence-corrected chi connectivity index (χ4v) is 5.99. The molecule has 9 nitrogen and oxygen atoms in total.